The van der Waals surface area contributed by atoms with Gasteiger partial charge >= 0.3 is 0 Å². The molecule has 0 N–H and O–H groups in total. The molecule has 3 nitrogen and oxygen atoms in total. The lowest BCUT2D eigenvalue weighted by Gasteiger charge is -2.21. The van der Waals surface area contributed by atoms with Crippen molar-refractivity contribution in [2.45, 2.75) is 25.0 Å². The average Bonchev–Trinajstić information content (AvgIpc) is 2.86. The van der Waals surface area contributed by atoms with E-state index in [1.807, 2.05) is 0 Å². The SMILES string of the molecule is C1CC(OC[C@@H]2CO2)CCO1. The van der Waals surface area contributed by atoms with Crippen LogP contribution in [0, 0.1) is 0 Å². The first kappa shape index (κ1) is 7.53. The minimum Gasteiger partial charge on any atom is -0.381 e. The van der Waals surface area contributed by atoms with Gasteiger partial charge in [0.2, 0.25) is 0 Å². The fourth-order valence-corrected chi connectivity index (χ4v) is 1.25. The van der Waals surface area contributed by atoms with Crippen LogP contribution in [0.2, 0.25) is 0 Å². The molecule has 0 unspecified atom stereocenters. The normalized spacial score (nSPS) is 32.2. The van der Waals surface area contributed by atoms with Crippen LogP contribution in [0.4, 0.5) is 0 Å². The summed E-state index contributed by atoms with van der Waals surface area (Å²) in [7, 11) is 0. The highest BCUT2D eigenvalue weighted by atomic mass is 16.6. The minimum atomic E-state index is 0.401. The third-order valence-corrected chi connectivity index (χ3v) is 2.09. The van der Waals surface area contributed by atoms with Crippen molar-refractivity contribution in [2.75, 3.05) is 26.4 Å². The molecule has 0 amide bonds. The topological polar surface area (TPSA) is 31.0 Å². The lowest BCUT2D eigenvalue weighted by atomic mass is 10.1. The monoisotopic (exact) mass is 158 g/mol. The first-order chi connectivity index (χ1) is 5.45. The zero-order valence-electron chi connectivity index (χ0n) is 6.62. The summed E-state index contributed by atoms with van der Waals surface area (Å²) in [6.07, 6.45) is 2.92. The summed E-state index contributed by atoms with van der Waals surface area (Å²) in [6.45, 7) is 3.39. The second kappa shape index (κ2) is 3.52. The Bertz CT molecular complexity index is 117. The van der Waals surface area contributed by atoms with Crippen LogP contribution >= 0.6 is 0 Å². The van der Waals surface area contributed by atoms with Gasteiger partial charge in [-0.25, -0.2) is 0 Å². The standard InChI is InChI=1S/C8H14O3/c1-3-9-4-2-7(1)10-5-8-6-11-8/h7-8H,1-6H2/t8-/m1/s1. The fourth-order valence-electron chi connectivity index (χ4n) is 1.25. The van der Waals surface area contributed by atoms with Gasteiger partial charge in [-0.05, 0) is 12.8 Å². The van der Waals surface area contributed by atoms with Crippen molar-refractivity contribution < 1.29 is 14.2 Å². The van der Waals surface area contributed by atoms with E-state index in [9.17, 15) is 0 Å². The summed E-state index contributed by atoms with van der Waals surface area (Å²) in [6, 6.07) is 0. The Morgan fingerprint density at radius 2 is 2.00 bits per heavy atom. The first-order valence-corrected chi connectivity index (χ1v) is 4.26. The Morgan fingerprint density at radius 1 is 1.27 bits per heavy atom. The molecule has 1 atom stereocenters. The molecule has 0 bridgehead atoms. The lowest BCUT2D eigenvalue weighted by molar-refractivity contribution is -0.0357. The Hall–Kier alpha value is -0.120. The van der Waals surface area contributed by atoms with Crippen LogP contribution in [-0.2, 0) is 14.2 Å². The van der Waals surface area contributed by atoms with Crippen molar-refractivity contribution in [2.24, 2.45) is 0 Å². The van der Waals surface area contributed by atoms with E-state index in [4.69, 9.17) is 14.2 Å². The fraction of sp³-hybridized carbons (Fsp3) is 1.00. The van der Waals surface area contributed by atoms with E-state index < -0.39 is 0 Å². The molecule has 2 heterocycles. The quantitative estimate of drug-likeness (QED) is 0.563. The molecule has 0 aromatic carbocycles. The van der Waals surface area contributed by atoms with Gasteiger partial charge in [0.05, 0.1) is 19.3 Å². The molecule has 0 saturated carbocycles. The van der Waals surface area contributed by atoms with Crippen LogP contribution in [0.25, 0.3) is 0 Å². The number of rotatable bonds is 3. The van der Waals surface area contributed by atoms with E-state index >= 15 is 0 Å². The Kier molecular flexibility index (Phi) is 2.41. The third-order valence-electron chi connectivity index (χ3n) is 2.09. The van der Waals surface area contributed by atoms with Gasteiger partial charge in [-0.15, -0.1) is 0 Å². The van der Waals surface area contributed by atoms with Crippen LogP contribution in [0.3, 0.4) is 0 Å². The molecule has 3 heteroatoms. The molecule has 0 aromatic heterocycles. The van der Waals surface area contributed by atoms with Gasteiger partial charge in [0, 0.05) is 13.2 Å². The van der Waals surface area contributed by atoms with Gasteiger partial charge in [-0.1, -0.05) is 0 Å². The summed E-state index contributed by atoms with van der Waals surface area (Å²) in [4.78, 5) is 0. The molecule has 11 heavy (non-hydrogen) atoms. The molecular formula is C8H14O3. The average molecular weight is 158 g/mol. The van der Waals surface area contributed by atoms with Gasteiger partial charge < -0.3 is 14.2 Å². The number of epoxide rings is 1. The molecule has 0 radical (unpaired) electrons. The van der Waals surface area contributed by atoms with Crippen molar-refractivity contribution in [1.82, 2.24) is 0 Å². The molecule has 2 rings (SSSR count). The highest BCUT2D eigenvalue weighted by molar-refractivity contribution is 4.70. The smallest absolute Gasteiger partial charge is 0.104 e. The number of hydrogen-bond donors (Lipinski definition) is 0. The number of hydrogen-bond acceptors (Lipinski definition) is 3. The highest BCUT2D eigenvalue weighted by Gasteiger charge is 2.24. The third kappa shape index (κ3) is 2.43. The van der Waals surface area contributed by atoms with Gasteiger partial charge in [0.25, 0.3) is 0 Å². The second-order valence-corrected chi connectivity index (χ2v) is 3.10. The van der Waals surface area contributed by atoms with Crippen LogP contribution < -0.4 is 0 Å². The molecule has 64 valence electrons. The van der Waals surface area contributed by atoms with Crippen LogP contribution in [0.15, 0.2) is 0 Å². The Balaban J connectivity index is 1.59. The van der Waals surface area contributed by atoms with E-state index in [1.54, 1.807) is 0 Å². The predicted molar refractivity (Wildman–Crippen MR) is 39.5 cm³/mol. The molecular weight excluding hydrogens is 144 g/mol. The maximum absolute atomic E-state index is 5.60. The molecule has 0 spiro atoms. The van der Waals surface area contributed by atoms with Crippen molar-refractivity contribution in [3.8, 4) is 0 Å². The lowest BCUT2D eigenvalue weighted by Crippen LogP contribution is -2.24. The van der Waals surface area contributed by atoms with Crippen molar-refractivity contribution >= 4 is 0 Å². The van der Waals surface area contributed by atoms with E-state index in [-0.39, 0.29) is 0 Å². The van der Waals surface area contributed by atoms with Crippen LogP contribution in [-0.4, -0.2) is 38.6 Å². The summed E-state index contributed by atoms with van der Waals surface area (Å²) >= 11 is 0. The molecule has 2 saturated heterocycles. The van der Waals surface area contributed by atoms with Gasteiger partial charge in [-0.3, -0.25) is 0 Å². The Morgan fingerprint density at radius 3 is 2.64 bits per heavy atom. The highest BCUT2D eigenvalue weighted by Crippen LogP contribution is 2.15. The van der Waals surface area contributed by atoms with Gasteiger partial charge in [0.1, 0.15) is 6.10 Å². The zero-order valence-corrected chi connectivity index (χ0v) is 6.62. The summed E-state index contributed by atoms with van der Waals surface area (Å²) in [5, 5.41) is 0. The number of ether oxygens (including phenoxy) is 3. The predicted octanol–water partition coefficient (Wildman–Crippen LogP) is 0.581. The van der Waals surface area contributed by atoms with E-state index in [2.05, 4.69) is 0 Å². The van der Waals surface area contributed by atoms with Crippen molar-refractivity contribution in [1.29, 1.82) is 0 Å². The molecule has 2 aliphatic rings. The Labute approximate surface area is 66.6 Å². The van der Waals surface area contributed by atoms with Crippen molar-refractivity contribution in [3.05, 3.63) is 0 Å². The van der Waals surface area contributed by atoms with Gasteiger partial charge in [-0.2, -0.15) is 0 Å². The largest absolute Gasteiger partial charge is 0.381 e. The van der Waals surface area contributed by atoms with Crippen LogP contribution in [0.5, 0.6) is 0 Å². The van der Waals surface area contributed by atoms with E-state index in [0.29, 0.717) is 12.2 Å². The molecule has 0 aromatic rings. The maximum atomic E-state index is 5.60. The summed E-state index contributed by atoms with van der Waals surface area (Å²) in [5.74, 6) is 0. The van der Waals surface area contributed by atoms with Gasteiger partial charge in [0.15, 0.2) is 0 Å². The first-order valence-electron chi connectivity index (χ1n) is 4.26. The second-order valence-electron chi connectivity index (χ2n) is 3.10. The minimum absolute atomic E-state index is 0.401. The molecule has 2 fully saturated rings. The summed E-state index contributed by atoms with van der Waals surface area (Å²) in [5.41, 5.74) is 0. The van der Waals surface area contributed by atoms with E-state index in [0.717, 1.165) is 39.3 Å². The van der Waals surface area contributed by atoms with Crippen LogP contribution in [0.1, 0.15) is 12.8 Å². The van der Waals surface area contributed by atoms with E-state index in [1.165, 1.54) is 0 Å². The molecule has 2 aliphatic heterocycles. The maximum Gasteiger partial charge on any atom is 0.104 e. The zero-order chi connectivity index (χ0) is 7.52. The summed E-state index contributed by atoms with van der Waals surface area (Å²) < 4.78 is 15.9. The van der Waals surface area contributed by atoms with Crippen molar-refractivity contribution in [3.63, 3.8) is 0 Å². The molecule has 0 aliphatic carbocycles.